The lowest BCUT2D eigenvalue weighted by molar-refractivity contribution is -0.384. The molecule has 0 unspecified atom stereocenters. The van der Waals surface area contributed by atoms with Crippen molar-refractivity contribution in [2.24, 2.45) is 0 Å². The summed E-state index contributed by atoms with van der Waals surface area (Å²) in [5.74, 6) is -0.0278. The number of hydrogen-bond acceptors (Lipinski definition) is 7. The summed E-state index contributed by atoms with van der Waals surface area (Å²) in [6.45, 7) is 3.73. The molecule has 0 aromatic heterocycles. The Labute approximate surface area is 238 Å². The Hall–Kier alpha value is -4.92. The average Bonchev–Trinajstić information content (AvgIpc) is 2.97. The van der Waals surface area contributed by atoms with Crippen LogP contribution in [0.3, 0.4) is 0 Å². The van der Waals surface area contributed by atoms with Crippen LogP contribution in [0.15, 0.2) is 89.3 Å². The number of nitrogens with zero attached hydrogens (tertiary/aromatic N) is 1. The number of benzene rings is 3. The number of anilines is 1. The van der Waals surface area contributed by atoms with E-state index in [4.69, 9.17) is 9.47 Å². The predicted molar refractivity (Wildman–Crippen MR) is 155 cm³/mol. The van der Waals surface area contributed by atoms with Gasteiger partial charge in [0.15, 0.2) is 17.3 Å². The Morgan fingerprint density at radius 3 is 2.29 bits per heavy atom. The van der Waals surface area contributed by atoms with Gasteiger partial charge in [0.05, 0.1) is 19.1 Å². The van der Waals surface area contributed by atoms with Crippen LogP contribution >= 0.6 is 0 Å². The molecular formula is C32H31N3O6. The van der Waals surface area contributed by atoms with Gasteiger partial charge in [-0.2, -0.15) is 0 Å². The fourth-order valence-electron chi connectivity index (χ4n) is 5.71. The second kappa shape index (κ2) is 11.3. The Kier molecular flexibility index (Phi) is 7.61. The minimum Gasteiger partial charge on any atom is -0.493 e. The van der Waals surface area contributed by atoms with Crippen molar-refractivity contribution in [2.45, 2.75) is 38.5 Å². The van der Waals surface area contributed by atoms with Crippen molar-refractivity contribution in [3.63, 3.8) is 0 Å². The van der Waals surface area contributed by atoms with Crippen LogP contribution in [0.5, 0.6) is 11.5 Å². The lowest BCUT2D eigenvalue weighted by Crippen LogP contribution is -2.37. The number of methoxy groups -OCH3 is 2. The van der Waals surface area contributed by atoms with E-state index in [9.17, 15) is 19.7 Å². The maximum atomic E-state index is 13.9. The number of ether oxygens (including phenoxy) is 2. The number of carbonyl (C=O) groups is 2. The van der Waals surface area contributed by atoms with Crippen molar-refractivity contribution in [2.75, 3.05) is 19.5 Å². The number of nitrogens with one attached hydrogen (secondary N) is 2. The number of amides is 1. The fourth-order valence-corrected chi connectivity index (χ4v) is 5.71. The van der Waals surface area contributed by atoms with Gasteiger partial charge in [-0.15, -0.1) is 0 Å². The van der Waals surface area contributed by atoms with E-state index in [1.54, 1.807) is 26.4 Å². The number of para-hydroxylation sites is 1. The summed E-state index contributed by atoms with van der Waals surface area (Å²) in [7, 11) is 3.15. The molecule has 0 saturated heterocycles. The van der Waals surface area contributed by atoms with Crippen molar-refractivity contribution >= 4 is 23.1 Å². The molecule has 1 amide bonds. The summed E-state index contributed by atoms with van der Waals surface area (Å²) in [6, 6.07) is 19.2. The molecule has 3 aromatic carbocycles. The maximum absolute atomic E-state index is 13.9. The van der Waals surface area contributed by atoms with Crippen LogP contribution < -0.4 is 20.1 Å². The Balaban J connectivity index is 1.56. The van der Waals surface area contributed by atoms with Crippen LogP contribution in [-0.4, -0.2) is 30.8 Å². The summed E-state index contributed by atoms with van der Waals surface area (Å²) in [6.07, 6.45) is 0.787. The first-order valence-electron chi connectivity index (χ1n) is 13.3. The Morgan fingerprint density at radius 1 is 0.951 bits per heavy atom. The van der Waals surface area contributed by atoms with Gasteiger partial charge in [0, 0.05) is 52.7 Å². The van der Waals surface area contributed by atoms with E-state index < -0.39 is 10.8 Å². The van der Waals surface area contributed by atoms with E-state index in [1.807, 2.05) is 56.3 Å². The third-order valence-corrected chi connectivity index (χ3v) is 7.78. The number of allylic oxidation sites excluding steroid dienone is 3. The van der Waals surface area contributed by atoms with Crippen molar-refractivity contribution in [3.05, 3.63) is 116 Å². The number of rotatable bonds is 7. The second-order valence-electron chi connectivity index (χ2n) is 10.2. The van der Waals surface area contributed by atoms with Crippen molar-refractivity contribution < 1.29 is 24.0 Å². The fraction of sp³-hybridized carbons (Fsp3) is 0.250. The van der Waals surface area contributed by atoms with Crippen LogP contribution in [-0.2, 0) is 9.59 Å². The van der Waals surface area contributed by atoms with Gasteiger partial charge in [-0.1, -0.05) is 36.4 Å². The summed E-state index contributed by atoms with van der Waals surface area (Å²) >= 11 is 0. The Morgan fingerprint density at radius 2 is 1.63 bits per heavy atom. The molecule has 2 N–H and O–H groups in total. The molecule has 1 aliphatic heterocycles. The average molecular weight is 554 g/mol. The first-order chi connectivity index (χ1) is 19.7. The molecule has 1 heterocycles. The van der Waals surface area contributed by atoms with Crippen LogP contribution in [0.2, 0.25) is 0 Å². The summed E-state index contributed by atoms with van der Waals surface area (Å²) in [5, 5.41) is 17.7. The largest absolute Gasteiger partial charge is 0.493 e. The van der Waals surface area contributed by atoms with E-state index in [2.05, 4.69) is 10.6 Å². The molecule has 0 bridgehead atoms. The van der Waals surface area contributed by atoms with Gasteiger partial charge >= 0.3 is 0 Å². The number of hydrogen-bond donors (Lipinski definition) is 2. The summed E-state index contributed by atoms with van der Waals surface area (Å²) in [5.41, 5.74) is 5.37. The third kappa shape index (κ3) is 5.30. The molecule has 0 radical (unpaired) electrons. The van der Waals surface area contributed by atoms with Crippen LogP contribution in [0.1, 0.15) is 48.3 Å². The second-order valence-corrected chi connectivity index (χ2v) is 10.2. The Bertz CT molecular complexity index is 1610. The third-order valence-electron chi connectivity index (χ3n) is 7.78. The molecule has 41 heavy (non-hydrogen) atoms. The number of carbonyl (C=O) groups excluding carboxylic acids is 2. The molecule has 2 aliphatic rings. The zero-order chi connectivity index (χ0) is 29.3. The number of dihydropyridines is 1. The number of nitro benzene ring substituents is 1. The number of nitro groups is 1. The normalized spacial score (nSPS) is 18.4. The minimum absolute atomic E-state index is 0.0630. The highest BCUT2D eigenvalue weighted by atomic mass is 16.6. The van der Waals surface area contributed by atoms with Crippen molar-refractivity contribution in [1.29, 1.82) is 0 Å². The maximum Gasteiger partial charge on any atom is 0.269 e. The molecular weight excluding hydrogens is 522 g/mol. The van der Waals surface area contributed by atoms with E-state index in [1.165, 1.54) is 12.1 Å². The van der Waals surface area contributed by atoms with Crippen LogP contribution in [0.25, 0.3) is 0 Å². The van der Waals surface area contributed by atoms with Gasteiger partial charge in [-0.25, -0.2) is 0 Å². The monoisotopic (exact) mass is 553 g/mol. The number of non-ortho nitro benzene ring substituents is 1. The molecule has 9 heteroatoms. The first-order valence-corrected chi connectivity index (χ1v) is 13.3. The number of Topliss-reactive ketones (excluding diaryl/α,β-unsaturated/α-hetero) is 1. The molecule has 3 aromatic rings. The van der Waals surface area contributed by atoms with Gasteiger partial charge < -0.3 is 20.1 Å². The highest BCUT2D eigenvalue weighted by Crippen LogP contribution is 2.46. The standard InChI is InChI=1S/C32H31N3O6/c1-18-7-5-6-8-24(18)34-32(37)29-19(2)33-25-15-22(21-11-14-27(40-3)28(17-21)41-4)16-26(36)31(25)30(29)20-9-12-23(13-10-20)35(38)39/h5-14,17,22,30,33H,15-16H2,1-4H3,(H,34,37)/t22-,30+/m1/s1. The summed E-state index contributed by atoms with van der Waals surface area (Å²) in [4.78, 5) is 38.6. The van der Waals surface area contributed by atoms with Gasteiger partial charge in [-0.05, 0) is 61.1 Å². The number of ketones is 1. The van der Waals surface area contributed by atoms with Gasteiger partial charge in [0.2, 0.25) is 0 Å². The predicted octanol–water partition coefficient (Wildman–Crippen LogP) is 5.92. The molecule has 5 rings (SSSR count). The van der Waals surface area contributed by atoms with Crippen molar-refractivity contribution in [1.82, 2.24) is 5.32 Å². The zero-order valence-electron chi connectivity index (χ0n) is 23.3. The van der Waals surface area contributed by atoms with Crippen LogP contribution in [0.4, 0.5) is 11.4 Å². The van der Waals surface area contributed by atoms with Crippen molar-refractivity contribution in [3.8, 4) is 11.5 Å². The lowest BCUT2D eigenvalue weighted by Gasteiger charge is -2.37. The SMILES string of the molecule is COc1ccc([C@H]2CC(=O)C3=C(C2)NC(C)=C(C(=O)Nc2ccccc2C)[C@@H]3c2ccc([N+](=O)[O-])cc2)cc1OC. The van der Waals surface area contributed by atoms with E-state index >= 15 is 0 Å². The van der Waals surface area contributed by atoms with Gasteiger partial charge in [0.1, 0.15) is 0 Å². The zero-order valence-corrected chi connectivity index (χ0v) is 23.3. The highest BCUT2D eigenvalue weighted by molar-refractivity contribution is 6.10. The molecule has 2 atom stereocenters. The number of aryl methyl sites for hydroxylation is 1. The summed E-state index contributed by atoms with van der Waals surface area (Å²) < 4.78 is 10.9. The lowest BCUT2D eigenvalue weighted by atomic mass is 9.71. The molecule has 1 aliphatic carbocycles. The van der Waals surface area contributed by atoms with Gasteiger partial charge in [-0.3, -0.25) is 19.7 Å². The quantitative estimate of drug-likeness (QED) is 0.275. The molecule has 9 nitrogen and oxygen atoms in total. The molecule has 210 valence electrons. The van der Waals surface area contributed by atoms with E-state index in [0.29, 0.717) is 46.0 Å². The smallest absolute Gasteiger partial charge is 0.269 e. The van der Waals surface area contributed by atoms with E-state index in [0.717, 1.165) is 16.8 Å². The minimum atomic E-state index is -0.685. The first kappa shape index (κ1) is 27.6. The topological polar surface area (TPSA) is 120 Å². The molecule has 0 fully saturated rings. The van der Waals surface area contributed by atoms with Crippen LogP contribution in [0, 0.1) is 17.0 Å². The van der Waals surface area contributed by atoms with Gasteiger partial charge in [0.25, 0.3) is 11.6 Å². The molecule has 0 saturated carbocycles. The molecule has 0 spiro atoms. The van der Waals surface area contributed by atoms with E-state index in [-0.39, 0.29) is 29.7 Å². The highest BCUT2D eigenvalue weighted by Gasteiger charge is 2.41.